The van der Waals surface area contributed by atoms with E-state index in [2.05, 4.69) is 65.6 Å². The Bertz CT molecular complexity index is 1330. The molecule has 4 aromatic rings. The van der Waals surface area contributed by atoms with Crippen molar-refractivity contribution in [2.45, 2.75) is 58.8 Å². The third-order valence-corrected chi connectivity index (χ3v) is 7.57. The van der Waals surface area contributed by atoms with Crippen LogP contribution in [0.2, 0.25) is 0 Å². The summed E-state index contributed by atoms with van der Waals surface area (Å²) in [4.78, 5) is 13.9. The zero-order valence-corrected chi connectivity index (χ0v) is 24.7. The first-order valence-electron chi connectivity index (χ1n) is 15.1. The summed E-state index contributed by atoms with van der Waals surface area (Å²) in [6, 6.07) is 37.1. The van der Waals surface area contributed by atoms with Crippen molar-refractivity contribution < 1.29 is 19.4 Å². The number of unbranched alkanes of at least 4 members (excludes halogenated alkanes) is 1. The van der Waals surface area contributed by atoms with E-state index in [1.807, 2.05) is 55.5 Å². The molecule has 0 saturated carbocycles. The van der Waals surface area contributed by atoms with Gasteiger partial charge in [0.15, 0.2) is 11.5 Å². The van der Waals surface area contributed by atoms with E-state index in [0.29, 0.717) is 19.6 Å². The molecule has 1 N–H and O–H groups in total. The van der Waals surface area contributed by atoms with E-state index < -0.39 is 5.97 Å². The van der Waals surface area contributed by atoms with Crippen molar-refractivity contribution in [3.8, 4) is 11.5 Å². The number of hydrogen-bond acceptors (Lipinski definition) is 4. The second kappa shape index (κ2) is 17.0. The maximum atomic E-state index is 11.4. The molecule has 0 bridgehead atoms. The highest BCUT2D eigenvalue weighted by atomic mass is 16.5. The fourth-order valence-electron chi connectivity index (χ4n) is 5.04. The van der Waals surface area contributed by atoms with Crippen LogP contribution in [0.1, 0.15) is 54.9 Å². The largest absolute Gasteiger partial charge is 0.485 e. The highest BCUT2D eigenvalue weighted by Gasteiger charge is 2.15. The van der Waals surface area contributed by atoms with Crippen LogP contribution in [-0.2, 0) is 31.0 Å². The molecule has 0 aliphatic rings. The summed E-state index contributed by atoms with van der Waals surface area (Å²) in [5, 5.41) is 9.39. The minimum atomic E-state index is -0.680. The van der Waals surface area contributed by atoms with Gasteiger partial charge in [0.05, 0.1) is 5.92 Å². The molecule has 0 heterocycles. The standard InChI is InChI=1S/C37H43NO4/c1-2-34(37(39)40)20-12-13-24-38(27-31-14-6-3-7-15-31)25-23-30-21-22-35(41-28-32-16-8-4-9-17-32)36(26-30)42-29-33-18-10-5-11-19-33/h3-11,14-19,21-22,26,34H,2,12-13,20,23-25,27-29H2,1H3,(H,39,40). The van der Waals surface area contributed by atoms with Crippen molar-refractivity contribution in [2.24, 2.45) is 5.92 Å². The number of carboxylic acids is 1. The van der Waals surface area contributed by atoms with Crippen LogP contribution in [-0.4, -0.2) is 29.1 Å². The monoisotopic (exact) mass is 565 g/mol. The van der Waals surface area contributed by atoms with Crippen molar-refractivity contribution in [1.82, 2.24) is 4.90 Å². The van der Waals surface area contributed by atoms with Gasteiger partial charge in [-0.3, -0.25) is 9.69 Å². The fourth-order valence-corrected chi connectivity index (χ4v) is 5.04. The minimum Gasteiger partial charge on any atom is -0.485 e. The average Bonchev–Trinajstić information content (AvgIpc) is 3.03. The SMILES string of the molecule is CCC(CCCCN(CCc1ccc(OCc2ccccc2)c(OCc2ccccc2)c1)Cc1ccccc1)C(=O)O. The molecule has 0 saturated heterocycles. The first kappa shape index (κ1) is 30.9. The van der Waals surface area contributed by atoms with E-state index in [1.54, 1.807) is 0 Å². The zero-order chi connectivity index (χ0) is 29.4. The van der Waals surface area contributed by atoms with Gasteiger partial charge in [-0.15, -0.1) is 0 Å². The normalized spacial score (nSPS) is 11.8. The van der Waals surface area contributed by atoms with Gasteiger partial charge in [0.1, 0.15) is 13.2 Å². The summed E-state index contributed by atoms with van der Waals surface area (Å²) in [7, 11) is 0. The molecule has 5 heteroatoms. The van der Waals surface area contributed by atoms with E-state index in [4.69, 9.17) is 9.47 Å². The second-order valence-corrected chi connectivity index (χ2v) is 10.8. The summed E-state index contributed by atoms with van der Waals surface area (Å²) < 4.78 is 12.5. The summed E-state index contributed by atoms with van der Waals surface area (Å²) in [5.74, 6) is 0.564. The van der Waals surface area contributed by atoms with Crippen molar-refractivity contribution >= 4 is 5.97 Å². The summed E-state index contributed by atoms with van der Waals surface area (Å²) in [5.41, 5.74) is 4.70. The van der Waals surface area contributed by atoms with Gasteiger partial charge in [0.25, 0.3) is 0 Å². The molecule has 0 aliphatic heterocycles. The van der Waals surface area contributed by atoms with Gasteiger partial charge in [-0.05, 0) is 66.6 Å². The molecule has 42 heavy (non-hydrogen) atoms. The maximum absolute atomic E-state index is 11.4. The van der Waals surface area contributed by atoms with Gasteiger partial charge in [-0.25, -0.2) is 0 Å². The molecular weight excluding hydrogens is 522 g/mol. The van der Waals surface area contributed by atoms with Gasteiger partial charge in [0, 0.05) is 13.1 Å². The third kappa shape index (κ3) is 10.4. The van der Waals surface area contributed by atoms with E-state index in [9.17, 15) is 9.90 Å². The predicted molar refractivity (Wildman–Crippen MR) is 169 cm³/mol. The second-order valence-electron chi connectivity index (χ2n) is 10.8. The number of benzene rings is 4. The van der Waals surface area contributed by atoms with Crippen LogP contribution in [0.4, 0.5) is 0 Å². The van der Waals surface area contributed by atoms with Gasteiger partial charge in [-0.2, -0.15) is 0 Å². The van der Waals surface area contributed by atoms with E-state index in [-0.39, 0.29) is 5.92 Å². The Morgan fingerprint density at radius 2 is 1.26 bits per heavy atom. The summed E-state index contributed by atoms with van der Waals surface area (Å²) in [6.07, 6.45) is 4.19. The predicted octanol–water partition coefficient (Wildman–Crippen LogP) is 8.17. The Morgan fingerprint density at radius 1 is 0.690 bits per heavy atom. The fraction of sp³-hybridized carbons (Fsp3) is 0.324. The van der Waals surface area contributed by atoms with Gasteiger partial charge < -0.3 is 14.6 Å². The Kier molecular flexibility index (Phi) is 12.5. The molecule has 1 unspecified atom stereocenters. The molecule has 0 aliphatic carbocycles. The Labute approximate surface area is 250 Å². The van der Waals surface area contributed by atoms with Crippen LogP contribution in [0.5, 0.6) is 11.5 Å². The van der Waals surface area contributed by atoms with Crippen LogP contribution < -0.4 is 9.47 Å². The smallest absolute Gasteiger partial charge is 0.306 e. The number of aliphatic carboxylic acids is 1. The highest BCUT2D eigenvalue weighted by Crippen LogP contribution is 2.30. The van der Waals surface area contributed by atoms with Crippen LogP contribution in [0.3, 0.4) is 0 Å². The van der Waals surface area contributed by atoms with Gasteiger partial charge in [-0.1, -0.05) is 110 Å². The van der Waals surface area contributed by atoms with E-state index in [1.165, 1.54) is 11.1 Å². The number of carboxylic acid groups (broad SMARTS) is 1. The Morgan fingerprint density at radius 3 is 1.83 bits per heavy atom. The van der Waals surface area contributed by atoms with Crippen LogP contribution in [0.25, 0.3) is 0 Å². The molecular formula is C37H43NO4. The van der Waals surface area contributed by atoms with Crippen molar-refractivity contribution in [1.29, 1.82) is 0 Å². The van der Waals surface area contributed by atoms with Crippen LogP contribution in [0.15, 0.2) is 109 Å². The number of nitrogens with zero attached hydrogens (tertiary/aromatic N) is 1. The van der Waals surface area contributed by atoms with Crippen LogP contribution >= 0.6 is 0 Å². The third-order valence-electron chi connectivity index (χ3n) is 7.57. The first-order valence-corrected chi connectivity index (χ1v) is 15.1. The zero-order valence-electron chi connectivity index (χ0n) is 24.7. The molecule has 5 nitrogen and oxygen atoms in total. The molecule has 1 atom stereocenters. The first-order chi connectivity index (χ1) is 20.6. The Hall–Kier alpha value is -4.09. The number of rotatable bonds is 18. The molecule has 0 fully saturated rings. The summed E-state index contributed by atoms with van der Waals surface area (Å²) in [6.45, 7) is 5.60. The molecule has 4 aromatic carbocycles. The lowest BCUT2D eigenvalue weighted by atomic mass is 9.99. The molecule has 220 valence electrons. The molecule has 0 amide bonds. The topological polar surface area (TPSA) is 59.0 Å². The lowest BCUT2D eigenvalue weighted by Gasteiger charge is -2.23. The molecule has 0 radical (unpaired) electrons. The Balaban J connectivity index is 1.42. The lowest BCUT2D eigenvalue weighted by Crippen LogP contribution is -2.27. The number of carbonyl (C=O) groups is 1. The van der Waals surface area contributed by atoms with Gasteiger partial charge >= 0.3 is 5.97 Å². The van der Waals surface area contributed by atoms with E-state index >= 15 is 0 Å². The van der Waals surface area contributed by atoms with Gasteiger partial charge in [0.2, 0.25) is 0 Å². The van der Waals surface area contributed by atoms with Crippen molar-refractivity contribution in [3.63, 3.8) is 0 Å². The summed E-state index contributed by atoms with van der Waals surface area (Å²) >= 11 is 0. The van der Waals surface area contributed by atoms with Crippen LogP contribution in [0, 0.1) is 5.92 Å². The number of ether oxygens (including phenoxy) is 2. The maximum Gasteiger partial charge on any atom is 0.306 e. The van der Waals surface area contributed by atoms with Crippen molar-refractivity contribution in [2.75, 3.05) is 13.1 Å². The molecule has 0 aromatic heterocycles. The quantitative estimate of drug-likeness (QED) is 0.123. The minimum absolute atomic E-state index is 0.246. The molecule has 4 rings (SSSR count). The highest BCUT2D eigenvalue weighted by molar-refractivity contribution is 5.69. The van der Waals surface area contributed by atoms with E-state index in [0.717, 1.165) is 67.9 Å². The average molecular weight is 566 g/mol. The molecule has 0 spiro atoms. The number of hydrogen-bond donors (Lipinski definition) is 1. The van der Waals surface area contributed by atoms with Crippen molar-refractivity contribution in [3.05, 3.63) is 131 Å². The lowest BCUT2D eigenvalue weighted by molar-refractivity contribution is -0.142.